The van der Waals surface area contributed by atoms with E-state index in [0.29, 0.717) is 12.8 Å². The molecule has 0 amide bonds. The average Bonchev–Trinajstić information content (AvgIpc) is 3.16. The Morgan fingerprint density at radius 1 is 0.545 bits per heavy atom. The number of carbonyl (C=O) groups excluding carboxylic acids is 2. The van der Waals surface area contributed by atoms with Crippen molar-refractivity contribution >= 4 is 19.8 Å². The zero-order valence-electron chi connectivity index (χ0n) is 34.0. The standard InChI is InChI=1S/C41H77O13P/c1-3-5-7-9-11-13-15-17-18-20-21-23-25-27-29-34(42)51-31-33(53-35(43)30-28-26-24-22-19-16-14-12-10-8-6-4-2)32-52-55(49,50)54-41-39(47)37(45)36(44)38(46)40(41)48/h12,14,33,36-41,44-48H,3-11,13,15-32H2,1-2H3,(H,49,50)/b14-12+/t33-,36?,37-,38?,39?,40?,41?/m1/s1. The normalized spacial score (nSPS) is 23.1. The highest BCUT2D eigenvalue weighted by Crippen LogP contribution is 2.47. The minimum atomic E-state index is -5.11. The molecule has 6 N–H and O–H groups in total. The fourth-order valence-corrected chi connectivity index (χ4v) is 7.55. The summed E-state index contributed by atoms with van der Waals surface area (Å²) in [5.41, 5.74) is 0. The molecule has 1 rings (SSSR count). The number of aliphatic hydroxyl groups excluding tert-OH is 5. The predicted octanol–water partition coefficient (Wildman–Crippen LogP) is 7.50. The van der Waals surface area contributed by atoms with Gasteiger partial charge in [0.15, 0.2) is 6.10 Å². The van der Waals surface area contributed by atoms with Crippen molar-refractivity contribution in [2.75, 3.05) is 13.2 Å². The molecule has 0 saturated heterocycles. The summed E-state index contributed by atoms with van der Waals surface area (Å²) in [4.78, 5) is 35.5. The maximum absolute atomic E-state index is 12.8. The van der Waals surface area contributed by atoms with Crippen molar-refractivity contribution in [3.8, 4) is 0 Å². The molecule has 0 heterocycles. The van der Waals surface area contributed by atoms with E-state index in [1.54, 1.807) is 0 Å². The highest BCUT2D eigenvalue weighted by Gasteiger charge is 2.51. The Balaban J connectivity index is 2.49. The van der Waals surface area contributed by atoms with Crippen LogP contribution in [-0.2, 0) is 32.7 Å². The fourth-order valence-electron chi connectivity index (χ4n) is 6.58. The lowest BCUT2D eigenvalue weighted by Crippen LogP contribution is -2.64. The van der Waals surface area contributed by atoms with Crippen LogP contribution in [0.25, 0.3) is 0 Å². The number of hydrogen-bond acceptors (Lipinski definition) is 12. The van der Waals surface area contributed by atoms with Crippen LogP contribution in [0.4, 0.5) is 0 Å². The Labute approximate surface area is 331 Å². The number of phosphoric ester groups is 1. The lowest BCUT2D eigenvalue weighted by Gasteiger charge is -2.41. The quantitative estimate of drug-likeness (QED) is 0.0159. The first kappa shape index (κ1) is 51.6. The topological polar surface area (TPSA) is 210 Å². The van der Waals surface area contributed by atoms with Crippen LogP contribution in [0, 0.1) is 0 Å². The molecular formula is C41H77O13P. The molecule has 0 radical (unpaired) electrons. The second-order valence-electron chi connectivity index (χ2n) is 15.2. The highest BCUT2D eigenvalue weighted by atomic mass is 31.2. The van der Waals surface area contributed by atoms with Crippen LogP contribution in [-0.4, -0.2) is 98.3 Å². The number of ether oxygens (including phenoxy) is 2. The van der Waals surface area contributed by atoms with Crippen LogP contribution >= 0.6 is 7.82 Å². The van der Waals surface area contributed by atoms with Gasteiger partial charge in [0.1, 0.15) is 43.2 Å². The largest absolute Gasteiger partial charge is 0.472 e. The summed E-state index contributed by atoms with van der Waals surface area (Å²) in [7, 11) is -5.11. The van der Waals surface area contributed by atoms with Gasteiger partial charge < -0.3 is 39.9 Å². The first-order valence-corrected chi connectivity index (χ1v) is 23.0. The molecule has 0 aromatic carbocycles. The molecule has 14 heteroatoms. The molecule has 0 spiro atoms. The zero-order valence-corrected chi connectivity index (χ0v) is 34.9. The van der Waals surface area contributed by atoms with Gasteiger partial charge in [0, 0.05) is 12.8 Å². The molecule has 0 aliphatic heterocycles. The Morgan fingerprint density at radius 3 is 1.42 bits per heavy atom. The van der Waals surface area contributed by atoms with E-state index in [1.807, 2.05) is 0 Å². The van der Waals surface area contributed by atoms with Crippen LogP contribution in [0.3, 0.4) is 0 Å². The first-order chi connectivity index (χ1) is 26.4. The maximum Gasteiger partial charge on any atom is 0.472 e. The molecule has 1 saturated carbocycles. The molecule has 8 atom stereocenters. The summed E-state index contributed by atoms with van der Waals surface area (Å²) in [5, 5.41) is 50.0. The van der Waals surface area contributed by atoms with E-state index in [4.69, 9.17) is 18.5 Å². The number of rotatable bonds is 35. The van der Waals surface area contributed by atoms with Crippen LogP contribution in [0.2, 0.25) is 0 Å². The smallest absolute Gasteiger partial charge is 0.462 e. The van der Waals surface area contributed by atoms with Gasteiger partial charge >= 0.3 is 19.8 Å². The van der Waals surface area contributed by atoms with Crippen LogP contribution in [0.1, 0.15) is 181 Å². The molecule has 1 aliphatic carbocycles. The van der Waals surface area contributed by atoms with E-state index < -0.39 is 75.7 Å². The Kier molecular flexibility index (Phi) is 30.5. The van der Waals surface area contributed by atoms with E-state index in [9.17, 15) is 44.6 Å². The third kappa shape index (κ3) is 25.5. The van der Waals surface area contributed by atoms with Crippen molar-refractivity contribution in [3.63, 3.8) is 0 Å². The van der Waals surface area contributed by atoms with E-state index in [2.05, 4.69) is 26.0 Å². The number of phosphoric acid groups is 1. The number of allylic oxidation sites excluding steroid dienone is 2. The number of hydrogen-bond donors (Lipinski definition) is 6. The van der Waals surface area contributed by atoms with E-state index in [-0.39, 0.29) is 12.8 Å². The Hall–Kier alpha value is -1.41. The fraction of sp³-hybridized carbons (Fsp3) is 0.902. The summed E-state index contributed by atoms with van der Waals surface area (Å²) >= 11 is 0. The van der Waals surface area contributed by atoms with Gasteiger partial charge in [-0.3, -0.25) is 18.6 Å². The van der Waals surface area contributed by atoms with Crippen molar-refractivity contribution in [1.82, 2.24) is 0 Å². The molecule has 1 aliphatic rings. The molecule has 1 fully saturated rings. The van der Waals surface area contributed by atoms with Gasteiger partial charge in [-0.2, -0.15) is 0 Å². The average molecular weight is 809 g/mol. The van der Waals surface area contributed by atoms with Gasteiger partial charge in [-0.25, -0.2) is 4.57 Å². The molecule has 13 nitrogen and oxygen atoms in total. The summed E-state index contributed by atoms with van der Waals surface area (Å²) in [5.74, 6) is -1.10. The summed E-state index contributed by atoms with van der Waals surface area (Å²) in [6.07, 6.45) is 18.5. The number of esters is 2. The van der Waals surface area contributed by atoms with Gasteiger partial charge in [-0.1, -0.05) is 142 Å². The maximum atomic E-state index is 12.8. The highest BCUT2D eigenvalue weighted by molar-refractivity contribution is 7.47. The van der Waals surface area contributed by atoms with Crippen molar-refractivity contribution < 1.29 is 63.1 Å². The monoisotopic (exact) mass is 809 g/mol. The SMILES string of the molecule is CCCCC/C=C/CCCCCCCC(=O)O[C@H](COC(=O)CCCCCCCCCCCCCCCC)COP(=O)(O)OC1C(O)C(O)C(O)[C@@H](O)C1O. The van der Waals surface area contributed by atoms with Crippen LogP contribution in [0.15, 0.2) is 12.2 Å². The van der Waals surface area contributed by atoms with Gasteiger partial charge in [0.05, 0.1) is 6.61 Å². The van der Waals surface area contributed by atoms with E-state index >= 15 is 0 Å². The van der Waals surface area contributed by atoms with Crippen molar-refractivity contribution in [2.24, 2.45) is 0 Å². The predicted molar refractivity (Wildman–Crippen MR) is 212 cm³/mol. The van der Waals surface area contributed by atoms with Crippen LogP contribution < -0.4 is 0 Å². The molecular weight excluding hydrogens is 731 g/mol. The summed E-state index contributed by atoms with van der Waals surface area (Å²) in [6.45, 7) is 3.25. The minimum absolute atomic E-state index is 0.0900. The van der Waals surface area contributed by atoms with Crippen molar-refractivity contribution in [1.29, 1.82) is 0 Å². The Morgan fingerprint density at radius 2 is 0.927 bits per heavy atom. The third-order valence-corrected chi connectivity index (χ3v) is 11.1. The van der Waals surface area contributed by atoms with Gasteiger partial charge in [0.25, 0.3) is 0 Å². The first-order valence-electron chi connectivity index (χ1n) is 21.5. The van der Waals surface area contributed by atoms with Gasteiger partial charge in [-0.15, -0.1) is 0 Å². The Bertz CT molecular complexity index is 1030. The second kappa shape index (κ2) is 32.5. The lowest BCUT2D eigenvalue weighted by molar-refractivity contribution is -0.220. The molecule has 6 unspecified atom stereocenters. The number of aliphatic hydroxyl groups is 5. The second-order valence-corrected chi connectivity index (χ2v) is 16.6. The third-order valence-electron chi connectivity index (χ3n) is 10.1. The summed E-state index contributed by atoms with van der Waals surface area (Å²) < 4.78 is 33.4. The molecule has 324 valence electrons. The molecule has 0 aromatic rings. The zero-order chi connectivity index (χ0) is 40.7. The lowest BCUT2D eigenvalue weighted by atomic mass is 9.85. The van der Waals surface area contributed by atoms with Crippen molar-refractivity contribution in [3.05, 3.63) is 12.2 Å². The van der Waals surface area contributed by atoms with Crippen LogP contribution in [0.5, 0.6) is 0 Å². The molecule has 0 aromatic heterocycles. The van der Waals surface area contributed by atoms with Crippen molar-refractivity contribution in [2.45, 2.75) is 224 Å². The summed E-state index contributed by atoms with van der Waals surface area (Å²) in [6, 6.07) is 0. The number of unbranched alkanes of at least 4 members (excludes halogenated alkanes) is 21. The minimum Gasteiger partial charge on any atom is -0.462 e. The number of carbonyl (C=O) groups is 2. The molecule has 0 bridgehead atoms. The van der Waals surface area contributed by atoms with E-state index in [0.717, 1.165) is 57.8 Å². The molecule has 55 heavy (non-hydrogen) atoms. The van der Waals surface area contributed by atoms with Gasteiger partial charge in [-0.05, 0) is 38.5 Å². The van der Waals surface area contributed by atoms with E-state index in [1.165, 1.54) is 83.5 Å². The van der Waals surface area contributed by atoms with Gasteiger partial charge in [0.2, 0.25) is 0 Å².